The molecule has 0 aliphatic carbocycles. The smallest absolute Gasteiger partial charge is 0.423 e. The molecule has 0 fully saturated rings. The Labute approximate surface area is 364 Å². The maximum Gasteiger partial charge on any atom is 0.488 e. The molecule has 0 aliphatic heterocycles. The number of rotatable bonds is 14. The summed E-state index contributed by atoms with van der Waals surface area (Å²) in [7, 11) is -3.17. The van der Waals surface area contributed by atoms with Gasteiger partial charge >= 0.3 is 14.2 Å². The Morgan fingerprint density at radius 1 is 0.371 bits per heavy atom. The molecule has 0 radical (unpaired) electrons. The molecule has 0 saturated heterocycles. The second kappa shape index (κ2) is 18.1. The summed E-state index contributed by atoms with van der Waals surface area (Å²) in [4.78, 5) is 4.90. The molecule has 4 N–H and O–H groups in total. The lowest BCUT2D eigenvalue weighted by Crippen LogP contribution is -2.36. The SMILES string of the molecule is C[C@H](c1ccc2ccccc2c1)N(Cc1ccccc1B(O)O)Cc1c2ccccc2c(CN(Cc2ccccc2B(O)O)[C@H](C)c2ccc3ccccc3c2)c2ccccc12. The zero-order valence-electron chi connectivity index (χ0n) is 35.1. The van der Waals surface area contributed by atoms with E-state index in [9.17, 15) is 20.1 Å². The molecule has 0 saturated carbocycles. The van der Waals surface area contributed by atoms with Crippen LogP contribution in [-0.4, -0.2) is 44.1 Å². The lowest BCUT2D eigenvalue weighted by atomic mass is 9.77. The van der Waals surface area contributed by atoms with Crippen LogP contribution in [-0.2, 0) is 26.2 Å². The standard InChI is InChI=1S/C54H50B2N2O4/c1-37(41-29-27-39-15-3-5-17-43(39)31-41)57(33-45-19-7-13-25-53(45)55(59)60)35-51-47-21-9-11-23-49(47)52(50-24-12-10-22-48(50)51)36-58(34-46-20-8-14-26-54(46)56(61)62)38(2)42-30-28-40-16-4-6-18-44(40)32-42/h3-32,37-38,59-62H,33-36H2,1-2H3/t37-,38-/m1/s1. The molecule has 2 atom stereocenters. The maximum absolute atomic E-state index is 10.5. The number of nitrogens with zero attached hydrogens (tertiary/aromatic N) is 2. The highest BCUT2D eigenvalue weighted by atomic mass is 16.4. The lowest BCUT2D eigenvalue weighted by molar-refractivity contribution is 0.193. The van der Waals surface area contributed by atoms with Crippen LogP contribution < -0.4 is 10.9 Å². The molecule has 0 bridgehead atoms. The van der Waals surface area contributed by atoms with E-state index in [2.05, 4.69) is 157 Å². The van der Waals surface area contributed by atoms with Crippen molar-refractivity contribution in [3.8, 4) is 0 Å². The lowest BCUT2D eigenvalue weighted by Gasteiger charge is -2.33. The van der Waals surface area contributed by atoms with Gasteiger partial charge in [-0.3, -0.25) is 9.80 Å². The van der Waals surface area contributed by atoms with Gasteiger partial charge in [-0.15, -0.1) is 0 Å². The number of fused-ring (bicyclic) bond motifs is 4. The minimum absolute atomic E-state index is 0.0269. The van der Waals surface area contributed by atoms with Crippen molar-refractivity contribution in [2.45, 2.75) is 52.1 Å². The zero-order valence-corrected chi connectivity index (χ0v) is 35.1. The van der Waals surface area contributed by atoms with Crippen LogP contribution in [0.1, 0.15) is 59.3 Å². The Hall–Kier alpha value is -6.09. The number of benzene rings is 9. The molecule has 62 heavy (non-hydrogen) atoms. The Morgan fingerprint density at radius 3 is 1.06 bits per heavy atom. The summed E-state index contributed by atoms with van der Waals surface area (Å²) >= 11 is 0. The van der Waals surface area contributed by atoms with Crippen molar-refractivity contribution in [2.75, 3.05) is 0 Å². The number of hydrogen-bond donors (Lipinski definition) is 4. The Morgan fingerprint density at radius 2 is 0.694 bits per heavy atom. The van der Waals surface area contributed by atoms with Crippen LogP contribution in [0.3, 0.4) is 0 Å². The third-order valence-corrected chi connectivity index (χ3v) is 12.9. The van der Waals surface area contributed by atoms with Crippen molar-refractivity contribution in [3.63, 3.8) is 0 Å². The van der Waals surface area contributed by atoms with Gasteiger partial charge < -0.3 is 20.1 Å². The van der Waals surface area contributed by atoms with E-state index in [-0.39, 0.29) is 12.1 Å². The zero-order chi connectivity index (χ0) is 42.7. The van der Waals surface area contributed by atoms with E-state index >= 15 is 0 Å². The molecule has 306 valence electrons. The van der Waals surface area contributed by atoms with Gasteiger partial charge in [-0.05, 0) is 113 Å². The predicted octanol–water partition coefficient (Wildman–Crippen LogP) is 9.19. The Kier molecular flexibility index (Phi) is 12.0. The topological polar surface area (TPSA) is 87.4 Å². The van der Waals surface area contributed by atoms with Crippen molar-refractivity contribution in [2.24, 2.45) is 0 Å². The first-order valence-corrected chi connectivity index (χ1v) is 21.5. The summed E-state index contributed by atoms with van der Waals surface area (Å²) in [5.74, 6) is 0. The van der Waals surface area contributed by atoms with Gasteiger partial charge in [0.05, 0.1) is 0 Å². The molecule has 0 unspecified atom stereocenters. The van der Waals surface area contributed by atoms with Gasteiger partial charge in [-0.25, -0.2) is 0 Å². The second-order valence-electron chi connectivity index (χ2n) is 16.6. The monoisotopic (exact) mass is 812 g/mol. The largest absolute Gasteiger partial charge is 0.488 e. The van der Waals surface area contributed by atoms with Gasteiger partial charge in [0, 0.05) is 38.3 Å². The van der Waals surface area contributed by atoms with E-state index in [1.165, 1.54) is 43.8 Å². The molecule has 0 amide bonds. The Balaban J connectivity index is 1.17. The predicted molar refractivity (Wildman–Crippen MR) is 257 cm³/mol. The summed E-state index contributed by atoms with van der Waals surface area (Å²) in [6.07, 6.45) is 0. The first-order valence-electron chi connectivity index (χ1n) is 21.5. The van der Waals surface area contributed by atoms with E-state index in [0.29, 0.717) is 37.1 Å². The van der Waals surface area contributed by atoms with Gasteiger partial charge in [-0.2, -0.15) is 0 Å². The normalized spacial score (nSPS) is 12.8. The van der Waals surface area contributed by atoms with Gasteiger partial charge in [0.25, 0.3) is 0 Å². The molecule has 0 heterocycles. The summed E-state index contributed by atoms with van der Waals surface area (Å²) in [6, 6.07) is 62.8. The van der Waals surface area contributed by atoms with Crippen LogP contribution in [0.25, 0.3) is 43.1 Å². The van der Waals surface area contributed by atoms with Crippen LogP contribution in [0, 0.1) is 0 Å². The quantitative estimate of drug-likeness (QED) is 0.0648. The van der Waals surface area contributed by atoms with Crippen molar-refractivity contribution >= 4 is 68.3 Å². The number of hydrogen-bond acceptors (Lipinski definition) is 6. The van der Waals surface area contributed by atoms with Crippen molar-refractivity contribution < 1.29 is 20.1 Å². The van der Waals surface area contributed by atoms with Crippen LogP contribution in [0.5, 0.6) is 0 Å². The third-order valence-electron chi connectivity index (χ3n) is 12.9. The molecule has 9 aromatic carbocycles. The van der Waals surface area contributed by atoms with Crippen LogP contribution in [0.15, 0.2) is 182 Å². The van der Waals surface area contributed by atoms with Gasteiger partial charge in [0.2, 0.25) is 0 Å². The summed E-state index contributed by atoms with van der Waals surface area (Å²) in [5, 5.41) is 51.3. The fourth-order valence-corrected chi connectivity index (χ4v) is 9.37. The van der Waals surface area contributed by atoms with E-state index in [4.69, 9.17) is 0 Å². The maximum atomic E-state index is 10.5. The van der Waals surface area contributed by atoms with Crippen LogP contribution in [0.2, 0.25) is 0 Å². The second-order valence-corrected chi connectivity index (χ2v) is 16.6. The van der Waals surface area contributed by atoms with Crippen molar-refractivity contribution in [1.29, 1.82) is 0 Å². The minimum atomic E-state index is -1.59. The first kappa shape index (κ1) is 41.3. The molecule has 6 nitrogen and oxygen atoms in total. The van der Waals surface area contributed by atoms with Crippen LogP contribution in [0.4, 0.5) is 0 Å². The van der Waals surface area contributed by atoms with Crippen molar-refractivity contribution in [1.82, 2.24) is 9.80 Å². The average Bonchev–Trinajstić information content (AvgIpc) is 3.31. The van der Waals surface area contributed by atoms with E-state index < -0.39 is 14.2 Å². The minimum Gasteiger partial charge on any atom is -0.423 e. The molecule has 0 aromatic heterocycles. The van der Waals surface area contributed by atoms with Gasteiger partial charge in [0.1, 0.15) is 0 Å². The van der Waals surface area contributed by atoms with E-state index in [0.717, 1.165) is 32.7 Å². The molecule has 0 aliphatic rings. The van der Waals surface area contributed by atoms with E-state index in [1.807, 2.05) is 36.4 Å². The van der Waals surface area contributed by atoms with E-state index in [1.54, 1.807) is 12.1 Å². The highest BCUT2D eigenvalue weighted by Crippen LogP contribution is 2.38. The molecule has 9 aromatic rings. The van der Waals surface area contributed by atoms with Crippen LogP contribution >= 0.6 is 0 Å². The molecular formula is C54H50B2N2O4. The summed E-state index contributed by atoms with van der Waals surface area (Å²) < 4.78 is 0. The third kappa shape index (κ3) is 8.42. The molecular weight excluding hydrogens is 762 g/mol. The summed E-state index contributed by atoms with van der Waals surface area (Å²) in [6.45, 7) is 6.69. The first-order chi connectivity index (χ1) is 30.2. The fraction of sp³-hybridized carbons (Fsp3) is 0.148. The molecule has 9 rings (SSSR count). The highest BCUT2D eigenvalue weighted by Gasteiger charge is 2.27. The van der Waals surface area contributed by atoms with Gasteiger partial charge in [-0.1, -0.05) is 170 Å². The molecule has 0 spiro atoms. The Bertz CT molecular complexity index is 2770. The summed E-state index contributed by atoms with van der Waals surface area (Å²) in [5.41, 5.74) is 7.52. The highest BCUT2D eigenvalue weighted by molar-refractivity contribution is 6.59. The fourth-order valence-electron chi connectivity index (χ4n) is 9.37. The van der Waals surface area contributed by atoms with Gasteiger partial charge in [0.15, 0.2) is 0 Å². The average molecular weight is 813 g/mol. The van der Waals surface area contributed by atoms with Crippen molar-refractivity contribution in [3.05, 3.63) is 215 Å². The molecule has 8 heteroatoms.